The van der Waals surface area contributed by atoms with Gasteiger partial charge in [-0.15, -0.1) is 6.58 Å². The minimum absolute atomic E-state index is 0. The smallest absolute Gasteiger partial charge is 0.286 e. The predicted octanol–water partition coefficient (Wildman–Crippen LogP) is 1.62. The molecule has 14 heteroatoms. The Hall–Kier alpha value is -0.191. The first-order valence-corrected chi connectivity index (χ1v) is 21.2. The third-order valence-corrected chi connectivity index (χ3v) is 15.5. The Balaban J connectivity index is 0.00000348. The summed E-state index contributed by atoms with van der Waals surface area (Å²) >= 11 is 0. The third kappa shape index (κ3) is 6.87. The van der Waals surface area contributed by atoms with Crippen molar-refractivity contribution in [2.24, 2.45) is 47.3 Å². The van der Waals surface area contributed by atoms with Crippen molar-refractivity contribution in [3.8, 4) is 0 Å². The van der Waals surface area contributed by atoms with Gasteiger partial charge in [0.15, 0.2) is 0 Å². The topological polar surface area (TPSA) is 152 Å². The fourth-order valence-corrected chi connectivity index (χ4v) is 13.4. The summed E-state index contributed by atoms with van der Waals surface area (Å²) in [6.07, 6.45) is 20.9. The van der Waals surface area contributed by atoms with Crippen LogP contribution in [0.1, 0.15) is 96.3 Å². The van der Waals surface area contributed by atoms with E-state index in [4.69, 9.17) is 4.18 Å². The zero-order valence-corrected chi connectivity index (χ0v) is 30.6. The fraction of sp³-hybridized carbons (Fsp3) is 0.943. The first-order valence-electron chi connectivity index (χ1n) is 19.8. The van der Waals surface area contributed by atoms with Gasteiger partial charge < -0.3 is 0 Å². The molecular formula is C35H61CuN9O3S. The van der Waals surface area contributed by atoms with E-state index in [1.165, 1.54) is 77.0 Å². The molecule has 9 N–H and O–H groups in total. The van der Waals surface area contributed by atoms with Crippen molar-refractivity contribution in [2.75, 3.05) is 6.54 Å². The van der Waals surface area contributed by atoms with Gasteiger partial charge in [0.1, 0.15) is 0 Å². The quantitative estimate of drug-likeness (QED) is 0.149. The maximum absolute atomic E-state index is 13.1. The number of rotatable bonds is 5. The summed E-state index contributed by atoms with van der Waals surface area (Å²) in [6.45, 7) is 3.85. The molecule has 0 amide bonds. The van der Waals surface area contributed by atoms with Crippen LogP contribution >= 0.6 is 0 Å². The molecule has 9 fully saturated rings. The van der Waals surface area contributed by atoms with Crippen LogP contribution in [0, 0.1) is 47.3 Å². The molecule has 5 aliphatic heterocycles. The van der Waals surface area contributed by atoms with Gasteiger partial charge in [0.2, 0.25) is 0 Å². The van der Waals surface area contributed by atoms with Gasteiger partial charge in [0.05, 0.1) is 55.4 Å². The van der Waals surface area contributed by atoms with E-state index in [9.17, 15) is 8.42 Å². The second-order valence-electron chi connectivity index (χ2n) is 16.9. The van der Waals surface area contributed by atoms with Crippen LogP contribution in [0.3, 0.4) is 0 Å². The van der Waals surface area contributed by atoms with Crippen LogP contribution in [0.2, 0.25) is 0 Å². The molecule has 12 nitrogen and oxygen atoms in total. The van der Waals surface area contributed by atoms with Crippen LogP contribution in [0.4, 0.5) is 0 Å². The van der Waals surface area contributed by atoms with Crippen LogP contribution in [-0.4, -0.2) is 70.4 Å². The van der Waals surface area contributed by atoms with Crippen molar-refractivity contribution in [2.45, 2.75) is 152 Å². The molecule has 0 aromatic rings. The summed E-state index contributed by atoms with van der Waals surface area (Å²) in [5, 5.41) is 33.0. The van der Waals surface area contributed by atoms with Crippen molar-refractivity contribution < 1.29 is 29.7 Å². The Kier molecular flexibility index (Phi) is 10.9. The van der Waals surface area contributed by atoms with E-state index in [0.29, 0.717) is 47.8 Å². The van der Waals surface area contributed by atoms with Gasteiger partial charge in [-0.05, 0) is 92.8 Å². The van der Waals surface area contributed by atoms with E-state index in [-0.39, 0.29) is 78.5 Å². The molecule has 4 aliphatic carbocycles. The van der Waals surface area contributed by atoms with Gasteiger partial charge in [-0.1, -0.05) is 51.0 Å². The number of nitrogens with one attached hydrogen (secondary N) is 9. The molecular weight excluding hydrogens is 690 g/mol. The molecule has 49 heavy (non-hydrogen) atoms. The predicted molar refractivity (Wildman–Crippen MR) is 185 cm³/mol. The minimum Gasteiger partial charge on any atom is -0.286 e. The molecule has 0 spiro atoms. The Morgan fingerprint density at radius 2 is 0.837 bits per heavy atom. The van der Waals surface area contributed by atoms with E-state index >= 15 is 0 Å². The molecule has 1 radical (unpaired) electrons. The first kappa shape index (κ1) is 35.8. The van der Waals surface area contributed by atoms with Crippen LogP contribution < -0.4 is 47.3 Å². The summed E-state index contributed by atoms with van der Waals surface area (Å²) in [7, 11) is -3.89. The summed E-state index contributed by atoms with van der Waals surface area (Å²) in [4.78, 5) is 0. The largest absolute Gasteiger partial charge is 0.336 e. The Morgan fingerprint density at radius 1 is 0.510 bits per heavy atom. The minimum atomic E-state index is -3.89. The molecule has 5 saturated heterocycles. The van der Waals surface area contributed by atoms with Gasteiger partial charge in [-0.2, -0.15) is 13.1 Å². The van der Waals surface area contributed by atoms with E-state index in [1.54, 1.807) is 6.08 Å². The van der Waals surface area contributed by atoms with Gasteiger partial charge >= 0.3 is 10.3 Å². The summed E-state index contributed by atoms with van der Waals surface area (Å²) in [6, 6.07) is 0. The van der Waals surface area contributed by atoms with Crippen LogP contribution in [0.15, 0.2) is 12.7 Å². The SMILES string of the molecule is C=CCNS(=O)(=O)OC1CCCC2C3NC4NC(NC5NC(NC6NC(NC(N3)C12)C1CCCCC61)C1CCCCC51)C1CCCCC41.[Cu]. The van der Waals surface area contributed by atoms with E-state index in [2.05, 4.69) is 53.8 Å². The standard InChI is InChI=1S/C35H61N9O3S.Cu/c1-2-18-36-48(45,46)47-26-17-9-16-25-27(26)35-43-33-24-15-8-7-14-23(24)31(41-33)39-29-20-11-4-3-10-19(20)28(37-29)38-30-21-12-5-6-13-22(21)32(40-30)42-34(25)44-35;/h2,19-44H,1,3-18H2;. The average molecular weight is 752 g/mol. The van der Waals surface area contributed by atoms with Crippen LogP contribution in [0.25, 0.3) is 0 Å². The number of hydrogen-bond donors (Lipinski definition) is 9. The molecule has 5 heterocycles. The summed E-state index contributed by atoms with van der Waals surface area (Å²) < 4.78 is 34.7. The molecule has 0 aromatic carbocycles. The van der Waals surface area contributed by atoms with Crippen LogP contribution in [0.5, 0.6) is 0 Å². The van der Waals surface area contributed by atoms with Gasteiger partial charge in [0, 0.05) is 29.5 Å². The van der Waals surface area contributed by atoms with E-state index in [1.807, 2.05) is 0 Å². The molecule has 8 bridgehead atoms. The molecule has 0 aromatic heterocycles. The van der Waals surface area contributed by atoms with E-state index < -0.39 is 10.3 Å². The molecule has 17 atom stereocenters. The zero-order chi connectivity index (χ0) is 32.4. The average Bonchev–Trinajstić information content (AvgIpc) is 3.83. The Labute approximate surface area is 304 Å². The second-order valence-corrected chi connectivity index (χ2v) is 18.3. The molecule has 9 aliphatic rings. The number of fused-ring (bicyclic) bond motifs is 20. The maximum atomic E-state index is 13.1. The fourth-order valence-electron chi connectivity index (χ4n) is 12.5. The Bertz CT molecular complexity index is 1280. The van der Waals surface area contributed by atoms with Gasteiger partial charge in [-0.3, -0.25) is 46.7 Å². The van der Waals surface area contributed by atoms with E-state index in [0.717, 1.165) is 19.3 Å². The van der Waals surface area contributed by atoms with Gasteiger partial charge in [-0.25, -0.2) is 0 Å². The van der Waals surface area contributed by atoms with Crippen molar-refractivity contribution in [1.82, 2.24) is 47.3 Å². The summed E-state index contributed by atoms with van der Waals surface area (Å²) in [5.74, 6) is 3.91. The summed E-state index contributed by atoms with van der Waals surface area (Å²) in [5.41, 5.74) is 0. The maximum Gasteiger partial charge on any atom is 0.336 e. The van der Waals surface area contributed by atoms with Crippen molar-refractivity contribution in [3.05, 3.63) is 12.7 Å². The molecule has 9 rings (SSSR count). The number of hydrogen-bond acceptors (Lipinski definition) is 11. The molecule has 281 valence electrons. The monoisotopic (exact) mass is 750 g/mol. The van der Waals surface area contributed by atoms with Crippen LogP contribution in [-0.2, 0) is 31.6 Å². The van der Waals surface area contributed by atoms with Gasteiger partial charge in [0.25, 0.3) is 0 Å². The van der Waals surface area contributed by atoms with Crippen molar-refractivity contribution in [3.63, 3.8) is 0 Å². The first-order chi connectivity index (χ1) is 23.5. The third-order valence-electron chi connectivity index (χ3n) is 14.5. The van der Waals surface area contributed by atoms with Crippen molar-refractivity contribution in [1.29, 1.82) is 0 Å². The molecule has 17 unspecified atom stereocenters. The normalized spacial score (nSPS) is 50.7. The Morgan fingerprint density at radius 3 is 1.20 bits per heavy atom. The van der Waals surface area contributed by atoms with Crippen molar-refractivity contribution >= 4 is 10.3 Å². The second kappa shape index (κ2) is 14.9. The molecule has 4 saturated carbocycles. The zero-order valence-electron chi connectivity index (χ0n) is 28.8.